The molecule has 0 spiro atoms. The monoisotopic (exact) mass is 292 g/mol. The smallest absolute Gasteiger partial charge is 0.210 e. The fourth-order valence-electron chi connectivity index (χ4n) is 1.24. The van der Waals surface area contributed by atoms with Crippen LogP contribution in [-0.2, 0) is 0 Å². The minimum atomic E-state index is 0.343. The van der Waals surface area contributed by atoms with E-state index in [0.29, 0.717) is 32.8 Å². The minimum Gasteiger partial charge on any atom is -0.324 e. The molecule has 0 aliphatic heterocycles. The molecule has 0 atom stereocenters. The van der Waals surface area contributed by atoms with Crippen molar-refractivity contribution in [2.24, 2.45) is 10.8 Å². The summed E-state index contributed by atoms with van der Waals surface area (Å²) in [7, 11) is 0. The predicted molar refractivity (Wildman–Crippen MR) is 72.9 cm³/mol. The molecule has 92 valence electrons. The topological polar surface area (TPSA) is 62.4 Å². The average Bonchev–Trinajstić information content (AvgIpc) is 3.08. The van der Waals surface area contributed by atoms with E-state index in [1.807, 2.05) is 0 Å². The van der Waals surface area contributed by atoms with Crippen LogP contribution in [0.2, 0.25) is 15.1 Å². The van der Waals surface area contributed by atoms with Crippen LogP contribution in [0.1, 0.15) is 12.8 Å². The van der Waals surface area contributed by atoms with Gasteiger partial charge in [-0.15, -0.1) is 0 Å². The van der Waals surface area contributed by atoms with Gasteiger partial charge >= 0.3 is 0 Å². The van der Waals surface area contributed by atoms with Crippen LogP contribution in [0, 0.1) is 0 Å². The van der Waals surface area contributed by atoms with E-state index in [4.69, 9.17) is 40.6 Å². The number of rotatable bonds is 2. The van der Waals surface area contributed by atoms with Crippen molar-refractivity contribution < 1.29 is 0 Å². The van der Waals surface area contributed by atoms with Crippen LogP contribution >= 0.6 is 34.8 Å². The maximum atomic E-state index is 6.03. The number of halogens is 3. The van der Waals surface area contributed by atoms with Crippen molar-refractivity contribution >= 4 is 46.4 Å². The highest BCUT2D eigenvalue weighted by Gasteiger charge is 2.21. The van der Waals surface area contributed by atoms with Crippen molar-refractivity contribution in [1.29, 1.82) is 0 Å². The number of benzene rings is 1. The quantitative estimate of drug-likeness (QED) is 0.258. The Kier molecular flexibility index (Phi) is 3.99. The Morgan fingerprint density at radius 2 is 1.82 bits per heavy atom. The standard InChI is InChI=1S/C10H11Cl3N4/c11-6-3-8(13)9(4-7(6)12)16-10(17-14)15-5-1-2-5/h3-5H,1-2,14H2,(H2,15,16,17). The zero-order valence-corrected chi connectivity index (χ0v) is 11.1. The van der Waals surface area contributed by atoms with E-state index < -0.39 is 0 Å². The number of nitrogens with zero attached hydrogens (tertiary/aromatic N) is 1. The Morgan fingerprint density at radius 1 is 1.18 bits per heavy atom. The number of hydrogen-bond acceptors (Lipinski definition) is 2. The first-order chi connectivity index (χ1) is 8.10. The number of guanidine groups is 1. The van der Waals surface area contributed by atoms with Gasteiger partial charge in [0, 0.05) is 0 Å². The zero-order valence-electron chi connectivity index (χ0n) is 8.80. The van der Waals surface area contributed by atoms with E-state index in [0.717, 1.165) is 12.8 Å². The highest BCUT2D eigenvalue weighted by atomic mass is 35.5. The second kappa shape index (κ2) is 5.31. The van der Waals surface area contributed by atoms with Crippen molar-refractivity contribution in [3.8, 4) is 0 Å². The molecular weight excluding hydrogens is 282 g/mol. The van der Waals surface area contributed by atoms with Crippen molar-refractivity contribution in [2.75, 3.05) is 5.32 Å². The number of nitrogens with one attached hydrogen (secondary N) is 2. The van der Waals surface area contributed by atoms with E-state index in [-0.39, 0.29) is 0 Å². The maximum absolute atomic E-state index is 6.03. The van der Waals surface area contributed by atoms with Gasteiger partial charge in [-0.05, 0) is 25.0 Å². The van der Waals surface area contributed by atoms with Gasteiger partial charge in [0.05, 0.1) is 26.8 Å². The van der Waals surface area contributed by atoms with Gasteiger partial charge in [-0.2, -0.15) is 0 Å². The van der Waals surface area contributed by atoms with E-state index in [1.165, 1.54) is 0 Å². The number of hydrazine groups is 1. The molecule has 7 heteroatoms. The molecule has 0 heterocycles. The highest BCUT2D eigenvalue weighted by Crippen LogP contribution is 2.32. The molecule has 17 heavy (non-hydrogen) atoms. The Labute approximate surface area is 114 Å². The van der Waals surface area contributed by atoms with Crippen LogP contribution in [0.4, 0.5) is 5.69 Å². The van der Waals surface area contributed by atoms with Crippen molar-refractivity contribution in [3.05, 3.63) is 27.2 Å². The largest absolute Gasteiger partial charge is 0.324 e. The van der Waals surface area contributed by atoms with Gasteiger partial charge in [0.25, 0.3) is 0 Å². The summed E-state index contributed by atoms with van der Waals surface area (Å²) in [5.41, 5.74) is 3.10. The van der Waals surface area contributed by atoms with E-state index in [1.54, 1.807) is 12.1 Å². The van der Waals surface area contributed by atoms with Gasteiger partial charge < -0.3 is 5.32 Å². The summed E-state index contributed by atoms with van der Waals surface area (Å²) >= 11 is 17.8. The second-order valence-corrected chi connectivity index (χ2v) is 4.95. The molecule has 0 saturated heterocycles. The fraction of sp³-hybridized carbons (Fsp3) is 0.300. The first-order valence-corrected chi connectivity index (χ1v) is 6.19. The summed E-state index contributed by atoms with van der Waals surface area (Å²) in [4.78, 5) is 4.33. The summed E-state index contributed by atoms with van der Waals surface area (Å²) in [6, 6.07) is 3.54. The van der Waals surface area contributed by atoms with Gasteiger partial charge in [0.15, 0.2) is 0 Å². The van der Waals surface area contributed by atoms with Crippen LogP contribution in [0.3, 0.4) is 0 Å². The Morgan fingerprint density at radius 3 is 2.41 bits per heavy atom. The number of hydrogen-bond donors (Lipinski definition) is 3. The summed E-state index contributed by atoms with van der Waals surface area (Å²) < 4.78 is 0. The maximum Gasteiger partial charge on any atom is 0.210 e. The number of aliphatic imine (C=N–C) groups is 1. The summed E-state index contributed by atoms with van der Waals surface area (Å²) in [5.74, 6) is 5.83. The molecule has 1 fully saturated rings. The lowest BCUT2D eigenvalue weighted by Gasteiger charge is -2.11. The van der Waals surface area contributed by atoms with E-state index in [9.17, 15) is 0 Å². The lowest BCUT2D eigenvalue weighted by Crippen LogP contribution is -2.36. The van der Waals surface area contributed by atoms with Crippen LogP contribution in [0.5, 0.6) is 0 Å². The normalized spacial score (nSPS) is 15.9. The van der Waals surface area contributed by atoms with Gasteiger partial charge in [0.2, 0.25) is 5.96 Å². The Bertz CT molecular complexity index is 457. The molecule has 1 aromatic carbocycles. The van der Waals surface area contributed by atoms with Gasteiger partial charge in [-0.1, -0.05) is 34.8 Å². The third kappa shape index (κ3) is 3.39. The minimum absolute atomic E-state index is 0.343. The summed E-state index contributed by atoms with van der Waals surface area (Å²) in [6.45, 7) is 0. The summed E-state index contributed by atoms with van der Waals surface area (Å²) in [5, 5.41) is 4.26. The number of anilines is 1. The molecule has 2 rings (SSSR count). The molecule has 0 bridgehead atoms. The predicted octanol–water partition coefficient (Wildman–Crippen LogP) is 3.04. The van der Waals surface area contributed by atoms with Crippen molar-refractivity contribution in [1.82, 2.24) is 5.43 Å². The van der Waals surface area contributed by atoms with E-state index in [2.05, 4.69) is 15.7 Å². The SMILES string of the molecule is NNC(=NC1CC1)Nc1cc(Cl)c(Cl)cc1Cl. The van der Waals surface area contributed by atoms with Crippen LogP contribution in [-0.4, -0.2) is 12.0 Å². The van der Waals surface area contributed by atoms with Gasteiger partial charge in [-0.3, -0.25) is 5.43 Å². The van der Waals surface area contributed by atoms with Crippen LogP contribution in [0.15, 0.2) is 17.1 Å². The lowest BCUT2D eigenvalue weighted by atomic mass is 10.3. The highest BCUT2D eigenvalue weighted by molar-refractivity contribution is 6.44. The second-order valence-electron chi connectivity index (χ2n) is 3.72. The molecule has 4 nitrogen and oxygen atoms in total. The molecule has 1 aromatic rings. The van der Waals surface area contributed by atoms with Crippen LogP contribution in [0.25, 0.3) is 0 Å². The third-order valence-electron chi connectivity index (χ3n) is 2.26. The lowest BCUT2D eigenvalue weighted by molar-refractivity contribution is 0.966. The van der Waals surface area contributed by atoms with Crippen molar-refractivity contribution in [3.63, 3.8) is 0 Å². The molecule has 0 aromatic heterocycles. The summed E-state index contributed by atoms with van der Waals surface area (Å²) in [6.07, 6.45) is 2.17. The molecule has 1 aliphatic rings. The third-order valence-corrected chi connectivity index (χ3v) is 3.29. The molecular formula is C10H11Cl3N4. The van der Waals surface area contributed by atoms with Crippen molar-refractivity contribution in [2.45, 2.75) is 18.9 Å². The molecule has 0 unspecified atom stereocenters. The van der Waals surface area contributed by atoms with Gasteiger partial charge in [-0.25, -0.2) is 10.8 Å². The number of nitrogens with two attached hydrogens (primary N) is 1. The zero-order chi connectivity index (χ0) is 12.4. The first kappa shape index (κ1) is 12.8. The van der Waals surface area contributed by atoms with E-state index >= 15 is 0 Å². The molecule has 1 aliphatic carbocycles. The van der Waals surface area contributed by atoms with Crippen LogP contribution < -0.4 is 16.6 Å². The fourth-order valence-corrected chi connectivity index (χ4v) is 1.83. The average molecular weight is 294 g/mol. The Hall–Kier alpha value is -0.680. The molecule has 0 radical (unpaired) electrons. The molecule has 4 N–H and O–H groups in total. The Balaban J connectivity index is 2.19. The first-order valence-electron chi connectivity index (χ1n) is 5.06. The molecule has 0 amide bonds. The van der Waals surface area contributed by atoms with Gasteiger partial charge in [0.1, 0.15) is 0 Å². The molecule has 1 saturated carbocycles.